The van der Waals surface area contributed by atoms with E-state index in [1.54, 1.807) is 18.2 Å². The summed E-state index contributed by atoms with van der Waals surface area (Å²) in [5.41, 5.74) is 1.71. The minimum atomic E-state index is -0.877. The topological polar surface area (TPSA) is 83.0 Å². The number of phenols is 1. The van der Waals surface area contributed by atoms with E-state index in [1.807, 2.05) is 18.2 Å². The number of hydrogen-bond donors (Lipinski definition) is 2. The van der Waals surface area contributed by atoms with E-state index in [-0.39, 0.29) is 41.5 Å². The van der Waals surface area contributed by atoms with Crippen molar-refractivity contribution < 1.29 is 23.4 Å². The Morgan fingerprint density at radius 1 is 1.13 bits per heavy atom. The van der Waals surface area contributed by atoms with E-state index in [0.29, 0.717) is 53.7 Å². The molecule has 45 heavy (non-hydrogen) atoms. The number of nitrogens with zero attached hydrogens (tertiary/aromatic N) is 4. The molecule has 5 atom stereocenters. The van der Waals surface area contributed by atoms with Crippen molar-refractivity contribution in [1.82, 2.24) is 20.2 Å². The molecule has 4 aromatic rings. The van der Waals surface area contributed by atoms with Gasteiger partial charge < -0.3 is 24.8 Å². The van der Waals surface area contributed by atoms with Crippen LogP contribution in [0.3, 0.4) is 0 Å². The zero-order valence-electron chi connectivity index (χ0n) is 25.4. The fraction of sp³-hybridized carbons (Fsp3) is 0.486. The fourth-order valence-electron chi connectivity index (χ4n) is 8.95. The Kier molecular flexibility index (Phi) is 6.20. The first-order chi connectivity index (χ1) is 21.9. The van der Waals surface area contributed by atoms with E-state index in [2.05, 4.69) is 22.0 Å². The highest BCUT2D eigenvalue weighted by atomic mass is 19.1. The lowest BCUT2D eigenvalue weighted by Crippen LogP contribution is -2.60. The molecule has 9 rings (SSSR count). The van der Waals surface area contributed by atoms with Gasteiger partial charge in [-0.05, 0) is 78.7 Å². The van der Waals surface area contributed by atoms with Crippen molar-refractivity contribution in [3.05, 3.63) is 47.8 Å². The molecule has 6 heterocycles. The van der Waals surface area contributed by atoms with E-state index in [9.17, 15) is 9.50 Å². The number of nitrogens with one attached hydrogen (secondary N) is 1. The van der Waals surface area contributed by atoms with E-state index in [1.165, 1.54) is 0 Å². The van der Waals surface area contributed by atoms with Gasteiger partial charge in [0.25, 0.3) is 0 Å². The molecule has 1 aromatic heterocycles. The summed E-state index contributed by atoms with van der Waals surface area (Å²) in [6.07, 6.45) is 4.28. The second kappa shape index (κ2) is 10.1. The van der Waals surface area contributed by atoms with Crippen LogP contribution in [0.5, 0.6) is 17.5 Å². The van der Waals surface area contributed by atoms with Crippen LogP contribution in [-0.4, -0.2) is 82.7 Å². The first-order valence-electron chi connectivity index (χ1n) is 16.4. The molecule has 5 aliphatic rings. The largest absolute Gasteiger partial charge is 0.508 e. The third kappa shape index (κ3) is 4.21. The fourth-order valence-corrected chi connectivity index (χ4v) is 8.95. The zero-order valence-corrected chi connectivity index (χ0v) is 25.4. The van der Waals surface area contributed by atoms with Crippen LogP contribution in [0.15, 0.2) is 36.4 Å². The third-order valence-electron chi connectivity index (χ3n) is 11.0. The number of piperazine rings is 1. The Hall–Kier alpha value is -3.76. The lowest BCUT2D eigenvalue weighted by Gasteiger charge is -2.40. The lowest BCUT2D eigenvalue weighted by atomic mass is 9.92. The highest BCUT2D eigenvalue weighted by Crippen LogP contribution is 2.47. The molecule has 4 fully saturated rings. The van der Waals surface area contributed by atoms with Crippen molar-refractivity contribution in [3.8, 4) is 28.6 Å². The smallest absolute Gasteiger partial charge is 0.319 e. The summed E-state index contributed by atoms with van der Waals surface area (Å²) in [6.45, 7) is 4.77. The molecule has 0 saturated carbocycles. The van der Waals surface area contributed by atoms with Crippen molar-refractivity contribution in [2.24, 2.45) is 0 Å². The van der Waals surface area contributed by atoms with Gasteiger partial charge in [-0.2, -0.15) is 9.97 Å². The molecule has 0 radical (unpaired) electrons. The first-order valence-corrected chi connectivity index (χ1v) is 16.4. The van der Waals surface area contributed by atoms with Gasteiger partial charge in [0.2, 0.25) is 0 Å². The van der Waals surface area contributed by atoms with E-state index in [4.69, 9.17) is 19.4 Å². The molecular weight excluding hydrogens is 576 g/mol. The predicted octanol–water partition coefficient (Wildman–Crippen LogP) is 5.51. The summed E-state index contributed by atoms with van der Waals surface area (Å²) >= 11 is 0. The normalized spacial score (nSPS) is 28.7. The number of phenolic OH excluding ortho intramolecular Hbond substituents is 1. The number of aryl methyl sites for hydroxylation is 1. The number of alkyl halides is 1. The standard InChI is InChI=1S/C35H37F2N5O3/c1-2-19-5-3-6-20-11-23(43)12-24(29(19)20)25-13-28-30-32(31(25)37)39-34(45-18-35-9-4-10-41(35)15-21(36)14-35)40-33(30)42-16-22-7-8-26(38-22)27(42)17-44-28/h3,5-6,11-13,21-22,26-27,38,43H,2,4,7-10,14-18H2,1H3/t21-,22-,26+,27+,35-/m0/s1. The summed E-state index contributed by atoms with van der Waals surface area (Å²) in [6, 6.07) is 11.7. The van der Waals surface area contributed by atoms with Gasteiger partial charge in [-0.3, -0.25) is 4.90 Å². The van der Waals surface area contributed by atoms with E-state index < -0.39 is 12.0 Å². The summed E-state index contributed by atoms with van der Waals surface area (Å²) in [5, 5.41) is 16.7. The molecule has 10 heteroatoms. The Morgan fingerprint density at radius 3 is 2.93 bits per heavy atom. The molecule has 0 unspecified atom stereocenters. The molecule has 8 nitrogen and oxygen atoms in total. The summed E-state index contributed by atoms with van der Waals surface area (Å²) in [5.74, 6) is 0.703. The summed E-state index contributed by atoms with van der Waals surface area (Å²) in [4.78, 5) is 14.1. The van der Waals surface area contributed by atoms with Crippen LogP contribution in [0.4, 0.5) is 14.6 Å². The van der Waals surface area contributed by atoms with Gasteiger partial charge in [0.15, 0.2) is 5.82 Å². The summed E-state index contributed by atoms with van der Waals surface area (Å²) in [7, 11) is 0. The Bertz CT molecular complexity index is 1850. The van der Waals surface area contributed by atoms with Crippen molar-refractivity contribution in [2.75, 3.05) is 37.7 Å². The lowest BCUT2D eigenvalue weighted by molar-refractivity contribution is 0.107. The molecule has 0 aliphatic carbocycles. The van der Waals surface area contributed by atoms with Crippen LogP contribution in [0.25, 0.3) is 32.8 Å². The molecule has 2 bridgehead atoms. The molecule has 4 saturated heterocycles. The Balaban J connectivity index is 1.24. The van der Waals surface area contributed by atoms with E-state index >= 15 is 4.39 Å². The van der Waals surface area contributed by atoms with Crippen LogP contribution in [0.2, 0.25) is 0 Å². The number of anilines is 1. The molecule has 5 aliphatic heterocycles. The number of rotatable bonds is 5. The van der Waals surface area contributed by atoms with Crippen LogP contribution in [0, 0.1) is 5.82 Å². The number of hydrogen-bond acceptors (Lipinski definition) is 8. The van der Waals surface area contributed by atoms with Crippen molar-refractivity contribution >= 4 is 27.5 Å². The monoisotopic (exact) mass is 613 g/mol. The van der Waals surface area contributed by atoms with Crippen LogP contribution in [-0.2, 0) is 6.42 Å². The average Bonchev–Trinajstić information content (AvgIpc) is 3.67. The number of fused-ring (bicyclic) bond motifs is 7. The number of aromatic hydroxyl groups is 1. The maximum absolute atomic E-state index is 17.1. The molecule has 2 N–H and O–H groups in total. The maximum Gasteiger partial charge on any atom is 0.319 e. The first kappa shape index (κ1) is 27.5. The van der Waals surface area contributed by atoms with Gasteiger partial charge in [0.1, 0.15) is 42.2 Å². The Labute approximate surface area is 260 Å². The zero-order chi connectivity index (χ0) is 30.4. The number of benzene rings is 3. The van der Waals surface area contributed by atoms with Gasteiger partial charge in [-0.1, -0.05) is 25.1 Å². The van der Waals surface area contributed by atoms with E-state index in [0.717, 1.165) is 61.5 Å². The molecule has 0 amide bonds. The third-order valence-corrected chi connectivity index (χ3v) is 11.0. The number of ether oxygens (including phenoxy) is 2. The maximum atomic E-state index is 17.1. The minimum Gasteiger partial charge on any atom is -0.508 e. The van der Waals surface area contributed by atoms with Crippen molar-refractivity contribution in [3.63, 3.8) is 0 Å². The van der Waals surface area contributed by atoms with Crippen molar-refractivity contribution in [2.45, 2.75) is 75.3 Å². The van der Waals surface area contributed by atoms with Crippen LogP contribution >= 0.6 is 0 Å². The number of halogens is 2. The SMILES string of the molecule is CCc1cccc2cc(O)cc(-c3cc4c5c(nc(OC[C@@]67CCCN6C[C@@H](F)C7)nc5c3F)N3C[C@@H]5CC[C@@H](N5)[C@H]3CO4)c12. The highest BCUT2D eigenvalue weighted by Gasteiger charge is 2.50. The number of aromatic nitrogens is 2. The second-order valence-corrected chi connectivity index (χ2v) is 13.6. The van der Waals surface area contributed by atoms with Gasteiger partial charge in [-0.25, -0.2) is 8.78 Å². The molecule has 3 aromatic carbocycles. The van der Waals surface area contributed by atoms with Crippen LogP contribution in [0.1, 0.15) is 44.6 Å². The second-order valence-electron chi connectivity index (χ2n) is 13.6. The quantitative estimate of drug-likeness (QED) is 0.305. The average molecular weight is 614 g/mol. The van der Waals surface area contributed by atoms with Gasteiger partial charge >= 0.3 is 6.01 Å². The van der Waals surface area contributed by atoms with Crippen LogP contribution < -0.4 is 19.7 Å². The van der Waals surface area contributed by atoms with Gasteiger partial charge in [-0.15, -0.1) is 0 Å². The molecular formula is C35H37F2N5O3. The minimum absolute atomic E-state index is 0.0213. The Morgan fingerprint density at radius 2 is 2.04 bits per heavy atom. The molecule has 234 valence electrons. The molecule has 0 spiro atoms. The predicted molar refractivity (Wildman–Crippen MR) is 169 cm³/mol. The summed E-state index contributed by atoms with van der Waals surface area (Å²) < 4.78 is 44.5. The highest BCUT2D eigenvalue weighted by molar-refractivity contribution is 6.05. The van der Waals surface area contributed by atoms with Gasteiger partial charge in [0, 0.05) is 37.2 Å². The van der Waals surface area contributed by atoms with Crippen molar-refractivity contribution in [1.29, 1.82) is 0 Å². The van der Waals surface area contributed by atoms with Gasteiger partial charge in [0.05, 0.1) is 17.0 Å².